The van der Waals surface area contributed by atoms with E-state index in [4.69, 9.17) is 4.74 Å². The molecule has 2 unspecified atom stereocenters. The molecule has 2 nitrogen and oxygen atoms in total. The van der Waals surface area contributed by atoms with Gasteiger partial charge in [-0.05, 0) is 44.4 Å². The van der Waals surface area contributed by atoms with Crippen molar-refractivity contribution in [2.75, 3.05) is 6.54 Å². The first-order chi connectivity index (χ1) is 8.79. The third kappa shape index (κ3) is 3.70. The van der Waals surface area contributed by atoms with E-state index in [9.17, 15) is 4.39 Å². The molecule has 1 aliphatic carbocycles. The predicted octanol–water partition coefficient (Wildman–Crippen LogP) is 3.52. The summed E-state index contributed by atoms with van der Waals surface area (Å²) in [4.78, 5) is 0. The fourth-order valence-electron chi connectivity index (χ4n) is 2.52. The normalized spacial score (nSPS) is 23.9. The molecule has 0 amide bonds. The van der Waals surface area contributed by atoms with E-state index in [0.717, 1.165) is 25.8 Å². The maximum absolute atomic E-state index is 13.1. The lowest BCUT2D eigenvalue weighted by atomic mass is 9.92. The van der Waals surface area contributed by atoms with Crippen molar-refractivity contribution in [1.82, 2.24) is 5.32 Å². The topological polar surface area (TPSA) is 21.3 Å². The van der Waals surface area contributed by atoms with Crippen molar-refractivity contribution in [1.29, 1.82) is 0 Å². The molecule has 0 aliphatic heterocycles. The zero-order chi connectivity index (χ0) is 12.8. The molecule has 18 heavy (non-hydrogen) atoms. The van der Waals surface area contributed by atoms with Crippen LogP contribution in [-0.4, -0.2) is 18.7 Å². The van der Waals surface area contributed by atoms with Crippen molar-refractivity contribution in [3.63, 3.8) is 0 Å². The summed E-state index contributed by atoms with van der Waals surface area (Å²) in [5.41, 5.74) is 0. The van der Waals surface area contributed by atoms with Gasteiger partial charge in [-0.15, -0.1) is 0 Å². The van der Waals surface area contributed by atoms with Gasteiger partial charge in [0.1, 0.15) is 17.7 Å². The van der Waals surface area contributed by atoms with Gasteiger partial charge in [0.2, 0.25) is 0 Å². The van der Waals surface area contributed by atoms with E-state index in [0.29, 0.717) is 11.8 Å². The van der Waals surface area contributed by atoms with Crippen LogP contribution in [-0.2, 0) is 0 Å². The highest BCUT2D eigenvalue weighted by Gasteiger charge is 2.26. The van der Waals surface area contributed by atoms with Crippen molar-refractivity contribution >= 4 is 0 Å². The first-order valence-electron chi connectivity index (χ1n) is 6.95. The van der Waals surface area contributed by atoms with Crippen LogP contribution < -0.4 is 10.1 Å². The Morgan fingerprint density at radius 1 is 1.33 bits per heavy atom. The van der Waals surface area contributed by atoms with Gasteiger partial charge < -0.3 is 10.1 Å². The zero-order valence-electron chi connectivity index (χ0n) is 11.0. The quantitative estimate of drug-likeness (QED) is 0.864. The van der Waals surface area contributed by atoms with Gasteiger partial charge in [-0.2, -0.15) is 0 Å². The lowest BCUT2D eigenvalue weighted by molar-refractivity contribution is 0.113. The highest BCUT2D eigenvalue weighted by atomic mass is 19.1. The van der Waals surface area contributed by atoms with Crippen molar-refractivity contribution < 1.29 is 9.13 Å². The second-order valence-corrected chi connectivity index (χ2v) is 4.96. The van der Waals surface area contributed by atoms with E-state index in [-0.39, 0.29) is 11.9 Å². The van der Waals surface area contributed by atoms with Gasteiger partial charge in [0.15, 0.2) is 0 Å². The molecule has 2 rings (SSSR count). The summed E-state index contributed by atoms with van der Waals surface area (Å²) < 4.78 is 19.1. The molecular formula is C15H22FNO. The summed E-state index contributed by atoms with van der Waals surface area (Å²) in [7, 11) is 0. The van der Waals surface area contributed by atoms with Crippen LogP contribution in [0.4, 0.5) is 4.39 Å². The average molecular weight is 251 g/mol. The monoisotopic (exact) mass is 251 g/mol. The predicted molar refractivity (Wildman–Crippen MR) is 71.4 cm³/mol. The van der Waals surface area contributed by atoms with Crippen LogP contribution in [0.1, 0.15) is 39.0 Å². The maximum atomic E-state index is 13.1. The van der Waals surface area contributed by atoms with E-state index in [1.165, 1.54) is 25.0 Å². The second-order valence-electron chi connectivity index (χ2n) is 4.96. The van der Waals surface area contributed by atoms with Gasteiger partial charge in [0.05, 0.1) is 0 Å². The van der Waals surface area contributed by atoms with Crippen molar-refractivity contribution in [2.45, 2.75) is 51.2 Å². The summed E-state index contributed by atoms with van der Waals surface area (Å²) in [6.07, 6.45) is 5.96. The summed E-state index contributed by atoms with van der Waals surface area (Å²) >= 11 is 0. The minimum Gasteiger partial charge on any atom is -0.489 e. The lowest BCUT2D eigenvalue weighted by Gasteiger charge is -2.32. The third-order valence-electron chi connectivity index (χ3n) is 3.44. The minimum atomic E-state index is -0.235. The Hall–Kier alpha value is -1.09. The van der Waals surface area contributed by atoms with Gasteiger partial charge in [-0.3, -0.25) is 0 Å². The SMILES string of the molecule is CCCNC1CCCCC1Oc1cccc(F)c1. The molecule has 100 valence electrons. The molecule has 1 aromatic rings. The van der Waals surface area contributed by atoms with Crippen LogP contribution >= 0.6 is 0 Å². The molecule has 0 spiro atoms. The van der Waals surface area contributed by atoms with Gasteiger partial charge in [0.25, 0.3) is 0 Å². The molecule has 1 saturated carbocycles. The Morgan fingerprint density at radius 2 is 2.17 bits per heavy atom. The van der Waals surface area contributed by atoms with E-state index >= 15 is 0 Å². The van der Waals surface area contributed by atoms with Crippen LogP contribution in [0.3, 0.4) is 0 Å². The number of halogens is 1. The summed E-state index contributed by atoms with van der Waals surface area (Å²) in [6.45, 7) is 3.19. The summed E-state index contributed by atoms with van der Waals surface area (Å²) in [6, 6.07) is 6.84. The largest absolute Gasteiger partial charge is 0.489 e. The Morgan fingerprint density at radius 3 is 2.94 bits per heavy atom. The molecule has 1 aromatic carbocycles. The zero-order valence-corrected chi connectivity index (χ0v) is 11.0. The highest BCUT2D eigenvalue weighted by Crippen LogP contribution is 2.24. The van der Waals surface area contributed by atoms with E-state index in [1.54, 1.807) is 6.07 Å². The van der Waals surface area contributed by atoms with Gasteiger partial charge in [-0.1, -0.05) is 19.4 Å². The first kappa shape index (κ1) is 13.3. The molecular weight excluding hydrogens is 229 g/mol. The van der Waals surface area contributed by atoms with Crippen LogP contribution in [0.5, 0.6) is 5.75 Å². The van der Waals surface area contributed by atoms with Crippen LogP contribution in [0, 0.1) is 5.82 Å². The van der Waals surface area contributed by atoms with E-state index < -0.39 is 0 Å². The lowest BCUT2D eigenvalue weighted by Crippen LogP contribution is -2.45. The Balaban J connectivity index is 1.96. The van der Waals surface area contributed by atoms with Crippen molar-refractivity contribution in [2.24, 2.45) is 0 Å². The third-order valence-corrected chi connectivity index (χ3v) is 3.44. The van der Waals surface area contributed by atoms with E-state index in [1.807, 2.05) is 6.07 Å². The standard InChI is InChI=1S/C15H22FNO/c1-2-10-17-14-8-3-4-9-15(14)18-13-7-5-6-12(16)11-13/h5-7,11,14-15,17H,2-4,8-10H2,1H3. The molecule has 0 bridgehead atoms. The van der Waals surface area contributed by atoms with Gasteiger partial charge in [-0.25, -0.2) is 4.39 Å². The van der Waals surface area contributed by atoms with Crippen molar-refractivity contribution in [3.8, 4) is 5.75 Å². The molecule has 0 aromatic heterocycles. The molecule has 2 atom stereocenters. The number of hydrogen-bond acceptors (Lipinski definition) is 2. The summed E-state index contributed by atoms with van der Waals surface area (Å²) in [5.74, 6) is 0.409. The summed E-state index contributed by atoms with van der Waals surface area (Å²) in [5, 5.41) is 3.54. The Kier molecular flexibility index (Phi) is 5.00. The second kappa shape index (κ2) is 6.74. The Labute approximate surface area is 109 Å². The smallest absolute Gasteiger partial charge is 0.126 e. The van der Waals surface area contributed by atoms with Crippen LogP contribution in [0.15, 0.2) is 24.3 Å². The average Bonchev–Trinajstić information content (AvgIpc) is 2.38. The molecule has 1 aliphatic rings. The molecule has 0 saturated heterocycles. The minimum absolute atomic E-state index is 0.173. The van der Waals surface area contributed by atoms with Gasteiger partial charge in [0, 0.05) is 12.1 Å². The number of rotatable bonds is 5. The van der Waals surface area contributed by atoms with E-state index in [2.05, 4.69) is 12.2 Å². The molecule has 0 heterocycles. The Bertz CT molecular complexity index is 369. The maximum Gasteiger partial charge on any atom is 0.126 e. The fraction of sp³-hybridized carbons (Fsp3) is 0.600. The van der Waals surface area contributed by atoms with Gasteiger partial charge >= 0.3 is 0 Å². The molecule has 3 heteroatoms. The molecule has 0 radical (unpaired) electrons. The number of ether oxygens (including phenoxy) is 1. The van der Waals surface area contributed by atoms with Crippen LogP contribution in [0.2, 0.25) is 0 Å². The van der Waals surface area contributed by atoms with Crippen molar-refractivity contribution in [3.05, 3.63) is 30.1 Å². The number of hydrogen-bond donors (Lipinski definition) is 1. The molecule has 1 fully saturated rings. The number of benzene rings is 1. The van der Waals surface area contributed by atoms with Crippen LogP contribution in [0.25, 0.3) is 0 Å². The highest BCUT2D eigenvalue weighted by molar-refractivity contribution is 5.23. The first-order valence-corrected chi connectivity index (χ1v) is 6.95. The molecule has 1 N–H and O–H groups in total. The fourth-order valence-corrected chi connectivity index (χ4v) is 2.52. The number of nitrogens with one attached hydrogen (secondary N) is 1.